The largest absolute Gasteiger partial charge is 0.508 e. The van der Waals surface area contributed by atoms with E-state index in [1.165, 1.54) is 5.56 Å². The number of rotatable bonds is 11. The summed E-state index contributed by atoms with van der Waals surface area (Å²) in [5.41, 5.74) is 3.86. The zero-order valence-electron chi connectivity index (χ0n) is 17.2. The highest BCUT2D eigenvalue weighted by Crippen LogP contribution is 2.10. The molecule has 2 aromatic carbocycles. The lowest BCUT2D eigenvalue weighted by Gasteiger charge is -2.10. The summed E-state index contributed by atoms with van der Waals surface area (Å²) >= 11 is 0. The number of unbranched alkanes of at least 4 members (excludes halogenated alkanes) is 1. The maximum atomic E-state index is 12.6. The van der Waals surface area contributed by atoms with Crippen molar-refractivity contribution in [3.63, 3.8) is 0 Å². The van der Waals surface area contributed by atoms with Crippen LogP contribution in [0, 0.1) is 0 Å². The van der Waals surface area contributed by atoms with E-state index in [0.29, 0.717) is 18.8 Å². The molecule has 30 heavy (non-hydrogen) atoms. The molecule has 3 aromatic rings. The van der Waals surface area contributed by atoms with Crippen LogP contribution in [0.15, 0.2) is 72.9 Å². The Kier molecular flexibility index (Phi) is 8.42. The van der Waals surface area contributed by atoms with Gasteiger partial charge in [-0.3, -0.25) is 9.78 Å². The molecule has 0 saturated carbocycles. The van der Waals surface area contributed by atoms with Crippen molar-refractivity contribution < 1.29 is 9.90 Å². The second-order valence-corrected chi connectivity index (χ2v) is 7.30. The van der Waals surface area contributed by atoms with Crippen molar-refractivity contribution in [3.8, 4) is 5.75 Å². The molecule has 5 heteroatoms. The van der Waals surface area contributed by atoms with Crippen molar-refractivity contribution in [3.05, 3.63) is 95.3 Å². The number of hydrogen-bond acceptors (Lipinski definition) is 4. The quantitative estimate of drug-likeness (QED) is 0.425. The molecule has 0 aliphatic rings. The molecule has 0 bridgehead atoms. The van der Waals surface area contributed by atoms with E-state index in [2.05, 4.69) is 39.9 Å². The van der Waals surface area contributed by atoms with Crippen molar-refractivity contribution in [1.82, 2.24) is 15.6 Å². The number of phenolic OH excluding ortho intramolecular Hbond substituents is 1. The fourth-order valence-corrected chi connectivity index (χ4v) is 3.29. The van der Waals surface area contributed by atoms with Crippen molar-refractivity contribution in [2.45, 2.75) is 32.2 Å². The van der Waals surface area contributed by atoms with Crippen LogP contribution in [0.25, 0.3) is 0 Å². The molecule has 0 aliphatic heterocycles. The first kappa shape index (κ1) is 21.5. The van der Waals surface area contributed by atoms with E-state index < -0.39 is 0 Å². The molecule has 0 fully saturated rings. The lowest BCUT2D eigenvalue weighted by molar-refractivity contribution is 0.0947. The molecule has 0 saturated heterocycles. The fourth-order valence-electron chi connectivity index (χ4n) is 3.29. The summed E-state index contributed by atoms with van der Waals surface area (Å²) in [6.45, 7) is 2.01. The maximum Gasteiger partial charge on any atom is 0.270 e. The Morgan fingerprint density at radius 1 is 0.833 bits per heavy atom. The van der Waals surface area contributed by atoms with Crippen LogP contribution in [-0.4, -0.2) is 29.1 Å². The number of hydrogen-bond donors (Lipinski definition) is 3. The third kappa shape index (κ3) is 7.01. The third-order valence-electron chi connectivity index (χ3n) is 4.97. The molecule has 1 aromatic heterocycles. The Balaban J connectivity index is 1.39. The smallest absolute Gasteiger partial charge is 0.270 e. The predicted molar refractivity (Wildman–Crippen MR) is 119 cm³/mol. The number of nitrogens with zero attached hydrogens (tertiary/aromatic N) is 1. The lowest BCUT2D eigenvalue weighted by atomic mass is 10.1. The van der Waals surface area contributed by atoms with Crippen molar-refractivity contribution in [2.24, 2.45) is 0 Å². The van der Waals surface area contributed by atoms with Gasteiger partial charge in [0.25, 0.3) is 5.91 Å². The molecule has 1 heterocycles. The summed E-state index contributed by atoms with van der Waals surface area (Å²) in [4.78, 5) is 16.9. The Bertz CT molecular complexity index is 911. The van der Waals surface area contributed by atoms with Crippen LogP contribution in [0.4, 0.5) is 0 Å². The Morgan fingerprint density at radius 3 is 2.40 bits per heavy atom. The first-order valence-electron chi connectivity index (χ1n) is 10.5. The fraction of sp³-hybridized carbons (Fsp3) is 0.280. The van der Waals surface area contributed by atoms with Gasteiger partial charge in [0.1, 0.15) is 11.4 Å². The van der Waals surface area contributed by atoms with Crippen LogP contribution in [0.3, 0.4) is 0 Å². The Labute approximate surface area is 178 Å². The number of nitrogens with one attached hydrogen (secondary N) is 2. The molecule has 0 aliphatic carbocycles. The summed E-state index contributed by atoms with van der Waals surface area (Å²) in [7, 11) is 0. The van der Waals surface area contributed by atoms with Gasteiger partial charge in [0, 0.05) is 19.3 Å². The molecule has 3 N–H and O–H groups in total. The van der Waals surface area contributed by atoms with E-state index >= 15 is 0 Å². The van der Waals surface area contributed by atoms with Crippen LogP contribution >= 0.6 is 0 Å². The van der Waals surface area contributed by atoms with Gasteiger partial charge in [0.05, 0.1) is 0 Å². The monoisotopic (exact) mass is 403 g/mol. The van der Waals surface area contributed by atoms with Gasteiger partial charge in [-0.1, -0.05) is 48.5 Å². The second-order valence-electron chi connectivity index (χ2n) is 7.30. The Hall–Kier alpha value is -3.18. The molecule has 0 spiro atoms. The topological polar surface area (TPSA) is 74.2 Å². The number of carbonyl (C=O) groups is 1. The van der Waals surface area contributed by atoms with Crippen molar-refractivity contribution in [1.29, 1.82) is 0 Å². The average molecular weight is 404 g/mol. The number of aromatic hydroxyl groups is 1. The van der Waals surface area contributed by atoms with Gasteiger partial charge in [-0.05, 0) is 67.1 Å². The van der Waals surface area contributed by atoms with Crippen LogP contribution in [0.1, 0.15) is 40.0 Å². The summed E-state index contributed by atoms with van der Waals surface area (Å²) in [6.07, 6.45) is 5.51. The third-order valence-corrected chi connectivity index (χ3v) is 4.97. The van der Waals surface area contributed by atoms with Gasteiger partial charge in [-0.2, -0.15) is 0 Å². The number of carbonyl (C=O) groups excluding carboxylic acids is 1. The highest BCUT2D eigenvalue weighted by atomic mass is 16.3. The van der Waals surface area contributed by atoms with Gasteiger partial charge in [0.2, 0.25) is 0 Å². The minimum absolute atomic E-state index is 0.120. The summed E-state index contributed by atoms with van der Waals surface area (Å²) < 4.78 is 0. The number of phenols is 1. The molecular formula is C25H29N3O2. The number of benzene rings is 2. The minimum atomic E-state index is -0.120. The molecule has 0 unspecified atom stereocenters. The van der Waals surface area contributed by atoms with Gasteiger partial charge >= 0.3 is 0 Å². The van der Waals surface area contributed by atoms with E-state index in [0.717, 1.165) is 43.4 Å². The SMILES string of the molecule is O=C(NCCCCc1ccccc1)c1ncccc1CNCCc1ccc(O)cc1. The van der Waals surface area contributed by atoms with Crippen LogP contribution < -0.4 is 10.6 Å². The van der Waals surface area contributed by atoms with E-state index in [1.54, 1.807) is 18.3 Å². The molecule has 0 radical (unpaired) electrons. The second kappa shape index (κ2) is 11.7. The summed E-state index contributed by atoms with van der Waals surface area (Å²) in [5.74, 6) is 0.156. The van der Waals surface area contributed by atoms with E-state index in [1.807, 2.05) is 30.3 Å². The van der Waals surface area contributed by atoms with Crippen LogP contribution in [0.5, 0.6) is 5.75 Å². The zero-order valence-corrected chi connectivity index (χ0v) is 17.2. The minimum Gasteiger partial charge on any atom is -0.508 e. The zero-order chi connectivity index (χ0) is 21.0. The standard InChI is InChI=1S/C25H29N3O2/c29-23-13-11-21(12-14-23)15-18-26-19-22-10-6-17-27-24(22)25(30)28-16-5-4-9-20-7-2-1-3-8-20/h1-3,6-8,10-14,17,26,29H,4-5,9,15-16,18-19H2,(H,28,30). The van der Waals surface area contributed by atoms with Crippen LogP contribution in [-0.2, 0) is 19.4 Å². The number of amides is 1. The van der Waals surface area contributed by atoms with Crippen molar-refractivity contribution >= 4 is 5.91 Å². The van der Waals surface area contributed by atoms with E-state index in [4.69, 9.17) is 0 Å². The van der Waals surface area contributed by atoms with Gasteiger partial charge in [0.15, 0.2) is 0 Å². The average Bonchev–Trinajstić information content (AvgIpc) is 2.78. The molecule has 5 nitrogen and oxygen atoms in total. The summed E-state index contributed by atoms with van der Waals surface area (Å²) in [5, 5.41) is 15.7. The first-order chi connectivity index (χ1) is 14.7. The van der Waals surface area contributed by atoms with Gasteiger partial charge < -0.3 is 15.7 Å². The first-order valence-corrected chi connectivity index (χ1v) is 10.5. The van der Waals surface area contributed by atoms with E-state index in [9.17, 15) is 9.90 Å². The maximum absolute atomic E-state index is 12.6. The Morgan fingerprint density at radius 2 is 1.60 bits per heavy atom. The number of aromatic nitrogens is 1. The summed E-state index contributed by atoms with van der Waals surface area (Å²) in [6, 6.07) is 21.4. The molecule has 0 atom stereocenters. The number of aryl methyl sites for hydroxylation is 1. The van der Waals surface area contributed by atoms with Gasteiger partial charge in [-0.25, -0.2) is 0 Å². The molecule has 3 rings (SSSR count). The van der Waals surface area contributed by atoms with Crippen LogP contribution in [0.2, 0.25) is 0 Å². The predicted octanol–water partition coefficient (Wildman–Crippen LogP) is 3.87. The van der Waals surface area contributed by atoms with Gasteiger partial charge in [-0.15, -0.1) is 0 Å². The molecule has 156 valence electrons. The highest BCUT2D eigenvalue weighted by molar-refractivity contribution is 5.93. The molecular weight excluding hydrogens is 374 g/mol. The van der Waals surface area contributed by atoms with E-state index in [-0.39, 0.29) is 11.7 Å². The highest BCUT2D eigenvalue weighted by Gasteiger charge is 2.11. The molecule has 1 amide bonds. The number of pyridine rings is 1. The van der Waals surface area contributed by atoms with Crippen molar-refractivity contribution in [2.75, 3.05) is 13.1 Å². The lowest BCUT2D eigenvalue weighted by Crippen LogP contribution is -2.28. The normalized spacial score (nSPS) is 10.7.